The topological polar surface area (TPSA) is 132 Å². The molecule has 0 bridgehead atoms. The quantitative estimate of drug-likeness (QED) is 0.785. The zero-order chi connectivity index (χ0) is 19.0. The van der Waals surface area contributed by atoms with Gasteiger partial charge in [-0.25, -0.2) is 0 Å². The Kier molecular flexibility index (Phi) is 4.74. The smallest absolute Gasteiger partial charge is 0.172 e. The Labute approximate surface area is 147 Å². The van der Waals surface area contributed by atoms with Gasteiger partial charge in [-0.15, -0.1) is 0 Å². The van der Waals surface area contributed by atoms with Gasteiger partial charge in [-0.2, -0.15) is 15.8 Å². The number of carbonyl (C=O) groups excluding carboxylic acids is 2. The van der Waals surface area contributed by atoms with Gasteiger partial charge in [0.05, 0.1) is 18.2 Å². The van der Waals surface area contributed by atoms with E-state index in [9.17, 15) is 25.4 Å². The molecule has 0 aromatic rings. The number of nitriles is 3. The molecular formula is C19H22N4O2. The van der Waals surface area contributed by atoms with Gasteiger partial charge in [-0.3, -0.25) is 9.59 Å². The van der Waals surface area contributed by atoms with E-state index in [0.717, 1.165) is 0 Å². The van der Waals surface area contributed by atoms with Crippen LogP contribution < -0.4 is 5.73 Å². The van der Waals surface area contributed by atoms with E-state index in [1.165, 1.54) is 0 Å². The van der Waals surface area contributed by atoms with Crippen LogP contribution in [0.4, 0.5) is 0 Å². The van der Waals surface area contributed by atoms with Crippen molar-refractivity contribution in [1.82, 2.24) is 0 Å². The molecule has 0 aromatic carbocycles. The molecule has 1 saturated carbocycles. The van der Waals surface area contributed by atoms with Gasteiger partial charge < -0.3 is 5.73 Å². The summed E-state index contributed by atoms with van der Waals surface area (Å²) < 4.78 is 0. The van der Waals surface area contributed by atoms with Gasteiger partial charge in [-0.05, 0) is 24.7 Å². The van der Waals surface area contributed by atoms with Crippen molar-refractivity contribution in [3.05, 3.63) is 11.3 Å². The van der Waals surface area contributed by atoms with Gasteiger partial charge in [-0.1, -0.05) is 20.8 Å². The molecule has 2 aliphatic rings. The van der Waals surface area contributed by atoms with E-state index >= 15 is 0 Å². The van der Waals surface area contributed by atoms with Crippen LogP contribution in [0.5, 0.6) is 0 Å². The normalized spacial score (nSPS) is 34.3. The number of Topliss-reactive ketones (excluding diaryl/α,β-unsaturated/α-hetero) is 1. The molecule has 6 nitrogen and oxygen atoms in total. The first-order chi connectivity index (χ1) is 11.8. The third-order valence-corrected chi connectivity index (χ3v) is 6.05. The lowest BCUT2D eigenvalue weighted by molar-refractivity contribution is -0.138. The van der Waals surface area contributed by atoms with Crippen molar-refractivity contribution in [3.63, 3.8) is 0 Å². The van der Waals surface area contributed by atoms with Gasteiger partial charge in [0.1, 0.15) is 17.5 Å². The molecule has 130 valence electrons. The number of allylic oxidation sites excluding steroid dienone is 2. The fourth-order valence-corrected chi connectivity index (χ4v) is 4.61. The molecular weight excluding hydrogens is 316 g/mol. The van der Waals surface area contributed by atoms with Crippen LogP contribution in [0.15, 0.2) is 11.3 Å². The summed E-state index contributed by atoms with van der Waals surface area (Å²) in [5.74, 6) is -1.34. The first-order valence-corrected chi connectivity index (χ1v) is 8.48. The van der Waals surface area contributed by atoms with E-state index in [2.05, 4.69) is 6.07 Å². The molecule has 0 aliphatic heterocycles. The van der Waals surface area contributed by atoms with Gasteiger partial charge in [0, 0.05) is 29.5 Å². The number of aldehydes is 1. The SMILES string of the molecule is CC(C)[C@@H]1CC[C@H](C)[C@@H]([C@]2(C#N)C(N)=C(C=O)CC2(C#N)C#N)C1=O. The van der Waals surface area contributed by atoms with Crippen LogP contribution in [-0.2, 0) is 9.59 Å². The average molecular weight is 338 g/mol. The Bertz CT molecular complexity index is 748. The summed E-state index contributed by atoms with van der Waals surface area (Å²) in [6.45, 7) is 5.74. The summed E-state index contributed by atoms with van der Waals surface area (Å²) in [5, 5.41) is 29.6. The summed E-state index contributed by atoms with van der Waals surface area (Å²) in [5.41, 5.74) is 2.55. The Morgan fingerprint density at radius 2 is 1.80 bits per heavy atom. The zero-order valence-electron chi connectivity index (χ0n) is 14.7. The second-order valence-electron chi connectivity index (χ2n) is 7.57. The molecule has 4 atom stereocenters. The maximum Gasteiger partial charge on any atom is 0.172 e. The monoisotopic (exact) mass is 338 g/mol. The molecule has 2 aliphatic carbocycles. The fraction of sp³-hybridized carbons (Fsp3) is 0.632. The lowest BCUT2D eigenvalue weighted by Gasteiger charge is -2.45. The van der Waals surface area contributed by atoms with Crippen molar-refractivity contribution >= 4 is 12.1 Å². The molecule has 1 fully saturated rings. The lowest BCUT2D eigenvalue weighted by Crippen LogP contribution is -2.53. The van der Waals surface area contributed by atoms with Gasteiger partial charge in [0.15, 0.2) is 5.41 Å². The van der Waals surface area contributed by atoms with E-state index in [-0.39, 0.29) is 41.2 Å². The van der Waals surface area contributed by atoms with E-state index in [4.69, 9.17) is 5.73 Å². The highest BCUT2D eigenvalue weighted by atomic mass is 16.1. The number of carbonyl (C=O) groups is 2. The minimum absolute atomic E-state index is 0.0799. The zero-order valence-corrected chi connectivity index (χ0v) is 14.7. The maximum absolute atomic E-state index is 13.3. The predicted molar refractivity (Wildman–Crippen MR) is 88.8 cm³/mol. The minimum atomic E-state index is -1.82. The highest BCUT2D eigenvalue weighted by Crippen LogP contribution is 2.61. The van der Waals surface area contributed by atoms with Gasteiger partial charge >= 0.3 is 0 Å². The van der Waals surface area contributed by atoms with E-state index < -0.39 is 16.7 Å². The van der Waals surface area contributed by atoms with Crippen molar-refractivity contribution in [2.45, 2.75) is 40.0 Å². The van der Waals surface area contributed by atoms with Crippen LogP contribution in [0.3, 0.4) is 0 Å². The second-order valence-corrected chi connectivity index (χ2v) is 7.57. The van der Waals surface area contributed by atoms with Crippen LogP contribution in [0, 0.1) is 68.5 Å². The lowest BCUT2D eigenvalue weighted by atomic mass is 9.52. The molecule has 0 aromatic heterocycles. The van der Waals surface area contributed by atoms with Crippen molar-refractivity contribution < 1.29 is 9.59 Å². The first kappa shape index (κ1) is 18.7. The van der Waals surface area contributed by atoms with Crippen LogP contribution in [-0.4, -0.2) is 12.1 Å². The van der Waals surface area contributed by atoms with E-state index in [1.807, 2.05) is 32.9 Å². The summed E-state index contributed by atoms with van der Waals surface area (Å²) in [6, 6.07) is 5.93. The summed E-state index contributed by atoms with van der Waals surface area (Å²) in [6.07, 6.45) is 1.70. The van der Waals surface area contributed by atoms with Crippen molar-refractivity contribution in [2.24, 2.45) is 40.2 Å². The number of ketones is 1. The Balaban J connectivity index is 2.77. The van der Waals surface area contributed by atoms with Crippen LogP contribution >= 0.6 is 0 Å². The van der Waals surface area contributed by atoms with Crippen LogP contribution in [0.25, 0.3) is 0 Å². The first-order valence-electron chi connectivity index (χ1n) is 8.48. The van der Waals surface area contributed by atoms with E-state index in [0.29, 0.717) is 19.1 Å². The molecule has 2 rings (SSSR count). The summed E-state index contributed by atoms with van der Waals surface area (Å²) in [4.78, 5) is 24.7. The van der Waals surface area contributed by atoms with Crippen molar-refractivity contribution in [1.29, 1.82) is 15.8 Å². The van der Waals surface area contributed by atoms with Gasteiger partial charge in [0.25, 0.3) is 0 Å². The Morgan fingerprint density at radius 1 is 1.20 bits per heavy atom. The van der Waals surface area contributed by atoms with Crippen molar-refractivity contribution in [2.75, 3.05) is 0 Å². The molecule has 0 radical (unpaired) electrons. The standard InChI is InChI=1S/C19H22N4O2/c1-11(2)14-5-4-12(3)15(16(14)25)19(10-22)17(23)13(7-24)6-18(19,8-20)9-21/h7,11-12,14-15H,4-6,23H2,1-3H3/t12-,14-,15+,19+/m0/s1. The highest BCUT2D eigenvalue weighted by Gasteiger charge is 2.68. The number of nitrogens with two attached hydrogens (primary N) is 1. The third kappa shape index (κ3) is 2.27. The molecule has 25 heavy (non-hydrogen) atoms. The Morgan fingerprint density at radius 3 is 2.24 bits per heavy atom. The van der Waals surface area contributed by atoms with E-state index in [1.54, 1.807) is 0 Å². The molecule has 0 heterocycles. The van der Waals surface area contributed by atoms with Crippen LogP contribution in [0.2, 0.25) is 0 Å². The molecule has 0 spiro atoms. The molecule has 0 unspecified atom stereocenters. The average Bonchev–Trinajstić information content (AvgIpc) is 2.84. The number of hydrogen-bond donors (Lipinski definition) is 1. The largest absolute Gasteiger partial charge is 0.400 e. The van der Waals surface area contributed by atoms with Crippen LogP contribution in [0.1, 0.15) is 40.0 Å². The second kappa shape index (κ2) is 6.34. The molecule has 0 saturated heterocycles. The fourth-order valence-electron chi connectivity index (χ4n) is 4.61. The molecule has 0 amide bonds. The highest BCUT2D eigenvalue weighted by molar-refractivity contribution is 5.88. The molecule has 2 N–H and O–H groups in total. The molecule has 6 heteroatoms. The maximum atomic E-state index is 13.3. The van der Waals surface area contributed by atoms with Gasteiger partial charge in [0.2, 0.25) is 0 Å². The van der Waals surface area contributed by atoms with Crippen molar-refractivity contribution in [3.8, 4) is 18.2 Å². The number of rotatable bonds is 3. The number of nitrogens with zero attached hydrogens (tertiary/aromatic N) is 3. The predicted octanol–water partition coefficient (Wildman–Crippen LogP) is 2.23. The minimum Gasteiger partial charge on any atom is -0.400 e. The Hall–Kier alpha value is -2.65. The summed E-state index contributed by atoms with van der Waals surface area (Å²) >= 11 is 0. The third-order valence-electron chi connectivity index (χ3n) is 6.05. The number of hydrogen-bond acceptors (Lipinski definition) is 6. The summed E-state index contributed by atoms with van der Waals surface area (Å²) in [7, 11) is 0.